The van der Waals surface area contributed by atoms with Gasteiger partial charge in [-0.2, -0.15) is 0 Å². The maximum atomic E-state index is 12.5. The third-order valence-corrected chi connectivity index (χ3v) is 6.17. The molecule has 5 rings (SSSR count). The first kappa shape index (κ1) is 21.8. The van der Waals surface area contributed by atoms with Crippen LogP contribution >= 0.6 is 0 Å². The molecule has 0 bridgehead atoms. The molecule has 0 amide bonds. The fourth-order valence-electron chi connectivity index (χ4n) is 4.48. The van der Waals surface area contributed by atoms with Crippen molar-refractivity contribution in [1.29, 1.82) is 0 Å². The molecule has 1 spiro atoms. The van der Waals surface area contributed by atoms with Gasteiger partial charge < -0.3 is 18.9 Å². The van der Waals surface area contributed by atoms with E-state index in [0.29, 0.717) is 26.2 Å². The molecule has 1 unspecified atom stereocenters. The number of hydrogen-bond acceptors (Lipinski definition) is 6. The Morgan fingerprint density at radius 3 is 2.24 bits per heavy atom. The van der Waals surface area contributed by atoms with Gasteiger partial charge in [-0.15, -0.1) is 0 Å². The van der Waals surface area contributed by atoms with Crippen LogP contribution in [0, 0.1) is 0 Å². The summed E-state index contributed by atoms with van der Waals surface area (Å²) in [6.07, 6.45) is 0.462. The first-order valence-electron chi connectivity index (χ1n) is 11.0. The smallest absolute Gasteiger partial charge is 0.330 e. The first-order valence-corrected chi connectivity index (χ1v) is 11.0. The molecule has 0 aliphatic carbocycles. The Kier molecular flexibility index (Phi) is 6.24. The lowest BCUT2D eigenvalue weighted by atomic mass is 9.86. The summed E-state index contributed by atoms with van der Waals surface area (Å²) < 4.78 is 26.1. The Labute approximate surface area is 190 Å². The van der Waals surface area contributed by atoms with E-state index < -0.39 is 35.3 Å². The number of benzene rings is 2. The predicted octanol–water partition coefficient (Wildman–Crippen LogP) is 2.40. The van der Waals surface area contributed by atoms with Crippen molar-refractivity contribution in [2.75, 3.05) is 13.2 Å². The maximum absolute atomic E-state index is 12.5. The number of nitrogens with zero attached hydrogens (tertiary/aromatic N) is 1. The van der Waals surface area contributed by atoms with E-state index in [0.717, 1.165) is 11.1 Å². The molecule has 8 heteroatoms. The molecule has 8 nitrogen and oxygen atoms in total. The van der Waals surface area contributed by atoms with Crippen LogP contribution in [-0.4, -0.2) is 40.6 Å². The van der Waals surface area contributed by atoms with Gasteiger partial charge in [-0.05, 0) is 11.1 Å². The number of ether oxygens (including phenoxy) is 4. The van der Waals surface area contributed by atoms with E-state index in [2.05, 4.69) is 4.98 Å². The van der Waals surface area contributed by atoms with Gasteiger partial charge in [-0.3, -0.25) is 14.3 Å². The maximum Gasteiger partial charge on any atom is 0.330 e. The van der Waals surface area contributed by atoms with Crippen molar-refractivity contribution in [2.45, 2.75) is 43.7 Å². The number of aromatic amines is 1. The lowest BCUT2D eigenvalue weighted by molar-refractivity contribution is -0.237. The molecule has 172 valence electrons. The molecule has 1 N–H and O–H groups in total. The summed E-state index contributed by atoms with van der Waals surface area (Å²) in [6, 6.07) is 21.1. The van der Waals surface area contributed by atoms with Crippen LogP contribution in [0.2, 0.25) is 0 Å². The molecule has 4 atom stereocenters. The van der Waals surface area contributed by atoms with Crippen LogP contribution in [0.15, 0.2) is 82.5 Å². The van der Waals surface area contributed by atoms with Crippen LogP contribution in [0.4, 0.5) is 0 Å². The number of hydrogen-bond donors (Lipinski definition) is 1. The van der Waals surface area contributed by atoms with Crippen LogP contribution in [0.3, 0.4) is 0 Å². The highest BCUT2D eigenvalue weighted by Gasteiger charge is 2.63. The van der Waals surface area contributed by atoms with Gasteiger partial charge in [0.15, 0.2) is 6.23 Å². The van der Waals surface area contributed by atoms with Crippen LogP contribution in [-0.2, 0) is 32.2 Å². The summed E-state index contributed by atoms with van der Waals surface area (Å²) in [6.45, 7) is 1.63. The Morgan fingerprint density at radius 1 is 0.970 bits per heavy atom. The Balaban J connectivity index is 1.39. The molecular formula is C25H26N2O6. The average Bonchev–Trinajstić information content (AvgIpc) is 3.13. The van der Waals surface area contributed by atoms with Gasteiger partial charge >= 0.3 is 5.69 Å². The molecule has 1 aromatic heterocycles. The molecule has 33 heavy (non-hydrogen) atoms. The third-order valence-electron chi connectivity index (χ3n) is 6.17. The van der Waals surface area contributed by atoms with Gasteiger partial charge in [0.1, 0.15) is 17.8 Å². The highest BCUT2D eigenvalue weighted by Crippen LogP contribution is 2.49. The van der Waals surface area contributed by atoms with E-state index in [1.807, 2.05) is 60.7 Å². The molecular weight excluding hydrogens is 424 g/mol. The second kappa shape index (κ2) is 9.44. The fraction of sp³-hybridized carbons (Fsp3) is 0.360. The molecule has 2 saturated heterocycles. The minimum atomic E-state index is -0.836. The van der Waals surface area contributed by atoms with E-state index in [4.69, 9.17) is 18.9 Å². The van der Waals surface area contributed by atoms with Gasteiger partial charge in [0.2, 0.25) is 0 Å². The summed E-state index contributed by atoms with van der Waals surface area (Å²) in [5.41, 5.74) is 0.241. The van der Waals surface area contributed by atoms with E-state index in [9.17, 15) is 9.59 Å². The monoisotopic (exact) mass is 450 g/mol. The van der Waals surface area contributed by atoms with Gasteiger partial charge in [-0.1, -0.05) is 60.7 Å². The van der Waals surface area contributed by atoms with Gasteiger partial charge in [0, 0.05) is 18.7 Å². The summed E-state index contributed by atoms with van der Waals surface area (Å²) >= 11 is 0. The van der Waals surface area contributed by atoms with Crippen molar-refractivity contribution in [3.63, 3.8) is 0 Å². The normalized spacial score (nSPS) is 26.4. The van der Waals surface area contributed by atoms with Gasteiger partial charge in [-0.25, -0.2) is 4.79 Å². The lowest BCUT2D eigenvalue weighted by Crippen LogP contribution is -2.58. The Hall–Kier alpha value is -3.04. The molecule has 2 aliphatic heterocycles. The van der Waals surface area contributed by atoms with Crippen molar-refractivity contribution in [3.8, 4) is 0 Å². The quantitative estimate of drug-likeness (QED) is 0.567. The predicted molar refractivity (Wildman–Crippen MR) is 120 cm³/mol. The summed E-state index contributed by atoms with van der Waals surface area (Å²) in [5.74, 6) is 0. The van der Waals surface area contributed by atoms with Crippen LogP contribution in [0.1, 0.15) is 23.8 Å². The van der Waals surface area contributed by atoms with Crippen LogP contribution in [0.25, 0.3) is 0 Å². The fourth-order valence-corrected chi connectivity index (χ4v) is 4.48. The molecule has 3 heterocycles. The van der Waals surface area contributed by atoms with E-state index in [1.165, 1.54) is 16.8 Å². The van der Waals surface area contributed by atoms with Crippen molar-refractivity contribution in [1.82, 2.24) is 9.55 Å². The second-order valence-corrected chi connectivity index (χ2v) is 8.32. The minimum absolute atomic E-state index is 0.272. The number of H-pyrrole nitrogens is 1. The SMILES string of the molecule is O=c1ccn(C2O[C@H](COCc3ccccc3)[C@@H](OCc3ccccc3)[C@@]23CCO3)c(=O)[nH]1. The average molecular weight is 450 g/mol. The Morgan fingerprint density at radius 2 is 1.64 bits per heavy atom. The zero-order valence-electron chi connectivity index (χ0n) is 18.1. The molecule has 0 radical (unpaired) electrons. The van der Waals surface area contributed by atoms with Gasteiger partial charge in [0.05, 0.1) is 26.4 Å². The van der Waals surface area contributed by atoms with Crippen molar-refractivity contribution in [3.05, 3.63) is 105 Å². The largest absolute Gasteiger partial charge is 0.374 e. The topological polar surface area (TPSA) is 91.8 Å². The number of nitrogens with one attached hydrogen (secondary N) is 1. The van der Waals surface area contributed by atoms with E-state index in [1.54, 1.807) is 0 Å². The summed E-state index contributed by atoms with van der Waals surface area (Å²) in [5, 5.41) is 0. The lowest BCUT2D eigenvalue weighted by Gasteiger charge is -2.45. The van der Waals surface area contributed by atoms with E-state index in [-0.39, 0.29) is 6.61 Å². The molecule has 0 saturated carbocycles. The highest BCUT2D eigenvalue weighted by molar-refractivity contribution is 5.15. The van der Waals surface area contributed by atoms with Gasteiger partial charge in [0.25, 0.3) is 5.56 Å². The zero-order valence-corrected chi connectivity index (χ0v) is 18.1. The molecule has 2 aromatic carbocycles. The molecule has 3 aromatic rings. The van der Waals surface area contributed by atoms with E-state index >= 15 is 0 Å². The number of aromatic nitrogens is 2. The number of rotatable bonds is 8. The molecule has 2 aliphatic rings. The zero-order chi connectivity index (χ0) is 22.7. The van der Waals surface area contributed by atoms with Crippen LogP contribution in [0.5, 0.6) is 0 Å². The second-order valence-electron chi connectivity index (χ2n) is 8.32. The Bertz CT molecular complexity index is 1170. The molecule has 2 fully saturated rings. The first-order chi connectivity index (χ1) is 16.2. The van der Waals surface area contributed by atoms with Crippen molar-refractivity contribution in [2.24, 2.45) is 0 Å². The summed E-state index contributed by atoms with van der Waals surface area (Å²) in [7, 11) is 0. The van der Waals surface area contributed by atoms with Crippen LogP contribution < -0.4 is 11.2 Å². The van der Waals surface area contributed by atoms with Crippen molar-refractivity contribution >= 4 is 0 Å². The third kappa shape index (κ3) is 4.43. The highest BCUT2D eigenvalue weighted by atomic mass is 16.6. The standard InChI is InChI=1S/C25H26N2O6/c28-21-11-13-27(24(29)26-21)23-25(12-14-32-25)22(31-16-19-9-5-2-6-10-19)20(33-23)17-30-15-18-7-3-1-4-8-18/h1-11,13,20,22-23H,12,14-17H2,(H,26,28,29)/t20-,22-,23?,25+/m1/s1. The minimum Gasteiger partial charge on any atom is -0.374 e. The van der Waals surface area contributed by atoms with Crippen molar-refractivity contribution < 1.29 is 18.9 Å². The summed E-state index contributed by atoms with van der Waals surface area (Å²) in [4.78, 5) is 26.4.